The van der Waals surface area contributed by atoms with E-state index in [2.05, 4.69) is 0 Å². The van der Waals surface area contributed by atoms with Crippen LogP contribution in [0, 0.1) is 5.82 Å². The van der Waals surface area contributed by atoms with Crippen LogP contribution in [0.3, 0.4) is 0 Å². The largest absolute Gasteiger partial charge is 0.495 e. The fourth-order valence-electron chi connectivity index (χ4n) is 3.44. The summed E-state index contributed by atoms with van der Waals surface area (Å²) in [6, 6.07) is 17.5. The number of benzene rings is 3. The number of rotatable bonds is 5. The highest BCUT2D eigenvalue weighted by molar-refractivity contribution is 6.32. The molecule has 1 N–H and O–H groups in total. The Morgan fingerprint density at radius 3 is 2.45 bits per heavy atom. The van der Waals surface area contributed by atoms with Crippen LogP contribution in [-0.2, 0) is 6.54 Å². The van der Waals surface area contributed by atoms with Crippen molar-refractivity contribution in [1.82, 2.24) is 4.57 Å². The minimum atomic E-state index is -1.08. The van der Waals surface area contributed by atoms with Crippen molar-refractivity contribution in [2.24, 2.45) is 0 Å². The fourth-order valence-corrected chi connectivity index (χ4v) is 3.70. The number of aromatic nitrogens is 1. The first-order chi connectivity index (χ1) is 14.0. The van der Waals surface area contributed by atoms with Gasteiger partial charge in [0.2, 0.25) is 0 Å². The molecule has 0 saturated carbocycles. The molecule has 6 heteroatoms. The summed E-state index contributed by atoms with van der Waals surface area (Å²) >= 11 is 6.21. The van der Waals surface area contributed by atoms with Crippen LogP contribution in [0.25, 0.3) is 22.0 Å². The number of carboxylic acid groups (broad SMARTS) is 1. The lowest BCUT2D eigenvalue weighted by Crippen LogP contribution is -2.04. The van der Waals surface area contributed by atoms with E-state index in [1.165, 1.54) is 12.1 Å². The Morgan fingerprint density at radius 1 is 1.07 bits per heavy atom. The second-order valence-electron chi connectivity index (χ2n) is 6.65. The first-order valence-corrected chi connectivity index (χ1v) is 9.29. The molecule has 4 rings (SSSR count). The number of hydrogen-bond acceptors (Lipinski definition) is 2. The number of hydrogen-bond donors (Lipinski definition) is 1. The molecule has 0 atom stereocenters. The Hall–Kier alpha value is -3.31. The highest BCUT2D eigenvalue weighted by Crippen LogP contribution is 2.30. The summed E-state index contributed by atoms with van der Waals surface area (Å²) in [5.41, 5.74) is 3.38. The molecule has 29 heavy (non-hydrogen) atoms. The van der Waals surface area contributed by atoms with Gasteiger partial charge < -0.3 is 14.4 Å². The van der Waals surface area contributed by atoms with Crippen molar-refractivity contribution in [1.29, 1.82) is 0 Å². The minimum Gasteiger partial charge on any atom is -0.495 e. The Kier molecular flexibility index (Phi) is 4.99. The first-order valence-electron chi connectivity index (χ1n) is 8.91. The molecule has 0 bridgehead atoms. The molecular weight excluding hydrogens is 393 g/mol. The van der Waals surface area contributed by atoms with Crippen LogP contribution in [0.4, 0.5) is 4.39 Å². The zero-order valence-electron chi connectivity index (χ0n) is 15.5. The molecule has 1 aromatic heterocycles. The van der Waals surface area contributed by atoms with Crippen molar-refractivity contribution in [3.05, 3.63) is 88.8 Å². The monoisotopic (exact) mass is 409 g/mol. The Bertz CT molecular complexity index is 1220. The molecule has 0 saturated heterocycles. The third kappa shape index (κ3) is 3.57. The molecule has 0 aliphatic carbocycles. The van der Waals surface area contributed by atoms with Gasteiger partial charge in [0.1, 0.15) is 11.6 Å². The zero-order chi connectivity index (χ0) is 20.5. The standard InChI is InChI=1S/C23H17ClFNO3/c1-29-21-9-6-16(12-19(21)24)15-4-2-14(3-5-15)13-26-11-10-17-20(25)8-7-18(22(17)26)23(27)28/h2-12H,13H2,1H3,(H,27,28). The summed E-state index contributed by atoms with van der Waals surface area (Å²) in [4.78, 5) is 11.5. The lowest BCUT2D eigenvalue weighted by atomic mass is 10.0. The van der Waals surface area contributed by atoms with E-state index in [-0.39, 0.29) is 5.56 Å². The van der Waals surface area contributed by atoms with Crippen molar-refractivity contribution in [2.45, 2.75) is 6.54 Å². The molecule has 0 unspecified atom stereocenters. The van der Waals surface area contributed by atoms with Crippen molar-refractivity contribution in [3.63, 3.8) is 0 Å². The van der Waals surface area contributed by atoms with Gasteiger partial charge in [-0.1, -0.05) is 41.9 Å². The van der Waals surface area contributed by atoms with Gasteiger partial charge in [-0.2, -0.15) is 0 Å². The maximum absolute atomic E-state index is 14.1. The first kappa shape index (κ1) is 19.0. The minimum absolute atomic E-state index is 0.0795. The second-order valence-corrected chi connectivity index (χ2v) is 7.06. The molecule has 0 aliphatic rings. The maximum atomic E-state index is 14.1. The molecule has 0 spiro atoms. The number of nitrogens with zero attached hydrogens (tertiary/aromatic N) is 1. The van der Waals surface area contributed by atoms with E-state index in [1.54, 1.807) is 23.9 Å². The highest BCUT2D eigenvalue weighted by atomic mass is 35.5. The molecule has 0 fully saturated rings. The zero-order valence-corrected chi connectivity index (χ0v) is 16.3. The number of ether oxygens (including phenoxy) is 1. The molecule has 1 heterocycles. The van der Waals surface area contributed by atoms with Crippen molar-refractivity contribution >= 4 is 28.5 Å². The second kappa shape index (κ2) is 7.60. The number of carbonyl (C=O) groups is 1. The van der Waals surface area contributed by atoms with Crippen LogP contribution in [0.5, 0.6) is 5.75 Å². The van der Waals surface area contributed by atoms with E-state index in [9.17, 15) is 14.3 Å². The lowest BCUT2D eigenvalue weighted by molar-refractivity contribution is 0.0698. The quantitative estimate of drug-likeness (QED) is 0.449. The molecule has 4 nitrogen and oxygen atoms in total. The maximum Gasteiger partial charge on any atom is 0.337 e. The van der Waals surface area contributed by atoms with Crippen molar-refractivity contribution < 1.29 is 19.0 Å². The highest BCUT2D eigenvalue weighted by Gasteiger charge is 2.15. The Balaban J connectivity index is 1.65. The average molecular weight is 410 g/mol. The predicted molar refractivity (Wildman–Crippen MR) is 111 cm³/mol. The third-order valence-corrected chi connectivity index (χ3v) is 5.19. The van der Waals surface area contributed by atoms with Crippen LogP contribution in [-0.4, -0.2) is 22.8 Å². The summed E-state index contributed by atoms with van der Waals surface area (Å²) in [5, 5.41) is 10.3. The van der Waals surface area contributed by atoms with Crippen molar-refractivity contribution in [2.75, 3.05) is 7.11 Å². The van der Waals surface area contributed by atoms with E-state index < -0.39 is 11.8 Å². The van der Waals surface area contributed by atoms with E-state index >= 15 is 0 Å². The number of halogens is 2. The summed E-state index contributed by atoms with van der Waals surface area (Å²) in [6.45, 7) is 0.427. The number of aromatic carboxylic acids is 1. The van der Waals surface area contributed by atoms with E-state index in [0.29, 0.717) is 28.2 Å². The van der Waals surface area contributed by atoms with Crippen LogP contribution >= 0.6 is 11.6 Å². The Morgan fingerprint density at radius 2 is 1.79 bits per heavy atom. The van der Waals surface area contributed by atoms with Crippen molar-refractivity contribution in [3.8, 4) is 16.9 Å². The van der Waals surface area contributed by atoms with Gasteiger partial charge in [-0.05, 0) is 47.0 Å². The number of methoxy groups -OCH3 is 1. The molecule has 3 aromatic carbocycles. The Labute approximate surface area is 171 Å². The SMILES string of the molecule is COc1ccc(-c2ccc(Cn3ccc4c(F)ccc(C(=O)O)c43)cc2)cc1Cl. The number of carboxylic acids is 1. The third-order valence-electron chi connectivity index (χ3n) is 4.89. The summed E-state index contributed by atoms with van der Waals surface area (Å²) < 4.78 is 21.0. The van der Waals surface area contributed by atoms with Crippen LogP contribution < -0.4 is 4.74 Å². The van der Waals surface area contributed by atoms with Gasteiger partial charge in [-0.3, -0.25) is 0 Å². The van der Waals surface area contributed by atoms with E-state index in [1.807, 2.05) is 42.5 Å². The molecule has 146 valence electrons. The number of fused-ring (bicyclic) bond motifs is 1. The average Bonchev–Trinajstić information content (AvgIpc) is 3.13. The fraction of sp³-hybridized carbons (Fsp3) is 0.0870. The van der Waals surface area contributed by atoms with E-state index in [0.717, 1.165) is 16.7 Å². The van der Waals surface area contributed by atoms with E-state index in [4.69, 9.17) is 16.3 Å². The molecule has 4 aromatic rings. The molecule has 0 aliphatic heterocycles. The van der Waals surface area contributed by atoms with Gasteiger partial charge in [0.15, 0.2) is 0 Å². The van der Waals surface area contributed by atoms with Gasteiger partial charge in [0.05, 0.1) is 23.2 Å². The molecule has 0 radical (unpaired) electrons. The van der Waals surface area contributed by atoms with Gasteiger partial charge >= 0.3 is 5.97 Å². The predicted octanol–water partition coefficient (Wildman–Crippen LogP) is 5.86. The topological polar surface area (TPSA) is 51.5 Å². The van der Waals surface area contributed by atoms with Gasteiger partial charge in [-0.25, -0.2) is 9.18 Å². The van der Waals surface area contributed by atoms with Gasteiger partial charge in [0, 0.05) is 18.1 Å². The van der Waals surface area contributed by atoms with Crippen LogP contribution in [0.15, 0.2) is 66.9 Å². The summed E-state index contributed by atoms with van der Waals surface area (Å²) in [5.74, 6) is -0.898. The van der Waals surface area contributed by atoms with Gasteiger partial charge in [-0.15, -0.1) is 0 Å². The summed E-state index contributed by atoms with van der Waals surface area (Å²) in [7, 11) is 1.57. The van der Waals surface area contributed by atoms with Gasteiger partial charge in [0.25, 0.3) is 0 Å². The molecular formula is C23H17ClFNO3. The van der Waals surface area contributed by atoms with Crippen LogP contribution in [0.1, 0.15) is 15.9 Å². The normalized spacial score (nSPS) is 11.0. The lowest BCUT2D eigenvalue weighted by Gasteiger charge is -2.10. The molecule has 0 amide bonds. The van der Waals surface area contributed by atoms with Crippen LogP contribution in [0.2, 0.25) is 5.02 Å². The smallest absolute Gasteiger partial charge is 0.337 e. The summed E-state index contributed by atoms with van der Waals surface area (Å²) in [6.07, 6.45) is 1.71.